The highest BCUT2D eigenvalue weighted by atomic mass is 127. The lowest BCUT2D eigenvalue weighted by Crippen LogP contribution is -1.99. The van der Waals surface area contributed by atoms with Crippen molar-refractivity contribution in [2.75, 3.05) is 0 Å². The van der Waals surface area contributed by atoms with E-state index in [-0.39, 0.29) is 11.3 Å². The van der Waals surface area contributed by atoms with Crippen LogP contribution in [-0.4, -0.2) is 16.2 Å². The van der Waals surface area contributed by atoms with E-state index in [9.17, 15) is 9.90 Å². The molecular weight excluding hydrogens is 271 g/mol. The SMILES string of the molecule is Cc1c(C(=O)O)ccc(I)c1O. The molecule has 0 aliphatic heterocycles. The molecule has 3 nitrogen and oxygen atoms in total. The van der Waals surface area contributed by atoms with E-state index in [4.69, 9.17) is 5.11 Å². The number of halogens is 1. The quantitative estimate of drug-likeness (QED) is 0.772. The monoisotopic (exact) mass is 278 g/mol. The molecule has 0 unspecified atom stereocenters. The van der Waals surface area contributed by atoms with Crippen molar-refractivity contribution in [3.8, 4) is 5.75 Å². The standard InChI is InChI=1S/C8H7IO3/c1-4-5(8(11)12)2-3-6(9)7(4)10/h2-3,10H,1H3,(H,11,12). The Morgan fingerprint density at radius 2 is 2.08 bits per heavy atom. The molecule has 2 N–H and O–H groups in total. The first kappa shape index (κ1) is 9.31. The number of hydrogen-bond donors (Lipinski definition) is 2. The molecule has 0 heterocycles. The van der Waals surface area contributed by atoms with Crippen molar-refractivity contribution < 1.29 is 15.0 Å². The lowest BCUT2D eigenvalue weighted by atomic mass is 10.1. The van der Waals surface area contributed by atoms with E-state index in [1.807, 2.05) is 22.6 Å². The van der Waals surface area contributed by atoms with Crippen LogP contribution in [0.4, 0.5) is 0 Å². The number of benzene rings is 1. The number of carboxylic acid groups (broad SMARTS) is 1. The fraction of sp³-hybridized carbons (Fsp3) is 0.125. The van der Waals surface area contributed by atoms with E-state index in [0.717, 1.165) is 0 Å². The Bertz CT molecular complexity index is 333. The maximum Gasteiger partial charge on any atom is 0.336 e. The minimum atomic E-state index is -1.01. The number of phenolic OH excluding ortho intramolecular Hbond substituents is 1. The number of aromatic carboxylic acids is 1. The number of rotatable bonds is 1. The van der Waals surface area contributed by atoms with Gasteiger partial charge in [0.05, 0.1) is 9.13 Å². The average Bonchev–Trinajstić information content (AvgIpc) is 2.00. The third-order valence-electron chi connectivity index (χ3n) is 1.61. The minimum Gasteiger partial charge on any atom is -0.507 e. The van der Waals surface area contributed by atoms with Crippen molar-refractivity contribution in [3.05, 3.63) is 26.8 Å². The van der Waals surface area contributed by atoms with Crippen molar-refractivity contribution in [3.63, 3.8) is 0 Å². The smallest absolute Gasteiger partial charge is 0.336 e. The normalized spacial score (nSPS) is 9.83. The average molecular weight is 278 g/mol. The first-order valence-corrected chi connectivity index (χ1v) is 4.33. The second-order valence-corrected chi connectivity index (χ2v) is 3.54. The summed E-state index contributed by atoms with van der Waals surface area (Å²) in [6.45, 7) is 1.58. The second-order valence-electron chi connectivity index (χ2n) is 2.37. The number of carboxylic acids is 1. The number of carbonyl (C=O) groups is 1. The molecular formula is C8H7IO3. The van der Waals surface area contributed by atoms with Gasteiger partial charge < -0.3 is 10.2 Å². The Labute approximate surface area is 83.2 Å². The maximum absolute atomic E-state index is 10.6. The summed E-state index contributed by atoms with van der Waals surface area (Å²) >= 11 is 1.95. The van der Waals surface area contributed by atoms with Crippen LogP contribution in [0.15, 0.2) is 12.1 Å². The summed E-state index contributed by atoms with van der Waals surface area (Å²) in [6, 6.07) is 3.06. The first-order valence-electron chi connectivity index (χ1n) is 3.25. The van der Waals surface area contributed by atoms with Crippen LogP contribution in [0, 0.1) is 10.5 Å². The fourth-order valence-corrected chi connectivity index (χ4v) is 1.48. The molecule has 0 atom stereocenters. The van der Waals surface area contributed by atoms with Gasteiger partial charge in [0.25, 0.3) is 0 Å². The molecule has 0 saturated carbocycles. The number of hydrogen-bond acceptors (Lipinski definition) is 2. The topological polar surface area (TPSA) is 57.5 Å². The van der Waals surface area contributed by atoms with Crippen LogP contribution in [0.5, 0.6) is 5.75 Å². The summed E-state index contributed by atoms with van der Waals surface area (Å²) in [4.78, 5) is 10.6. The van der Waals surface area contributed by atoms with Gasteiger partial charge in [-0.3, -0.25) is 0 Å². The first-order chi connectivity index (χ1) is 5.54. The van der Waals surface area contributed by atoms with Gasteiger partial charge in [0.2, 0.25) is 0 Å². The molecule has 1 aromatic carbocycles. The van der Waals surface area contributed by atoms with Crippen LogP contribution in [0.3, 0.4) is 0 Å². The summed E-state index contributed by atoms with van der Waals surface area (Å²) in [5, 5.41) is 18.0. The van der Waals surface area contributed by atoms with Crippen molar-refractivity contribution in [2.24, 2.45) is 0 Å². The summed E-state index contributed by atoms with van der Waals surface area (Å²) in [6.07, 6.45) is 0. The molecule has 12 heavy (non-hydrogen) atoms. The molecule has 0 radical (unpaired) electrons. The Kier molecular flexibility index (Phi) is 2.56. The number of aromatic hydroxyl groups is 1. The van der Waals surface area contributed by atoms with Crippen LogP contribution >= 0.6 is 22.6 Å². The molecule has 0 aliphatic rings. The van der Waals surface area contributed by atoms with Gasteiger partial charge in [0.1, 0.15) is 5.75 Å². The molecule has 64 valence electrons. The zero-order valence-corrected chi connectivity index (χ0v) is 8.49. The predicted molar refractivity (Wildman–Crippen MR) is 52.5 cm³/mol. The second kappa shape index (κ2) is 3.30. The molecule has 0 fully saturated rings. The summed E-state index contributed by atoms with van der Waals surface area (Å²) < 4.78 is 0.662. The van der Waals surface area contributed by atoms with Gasteiger partial charge >= 0.3 is 5.97 Å². The van der Waals surface area contributed by atoms with E-state index in [1.54, 1.807) is 13.0 Å². The molecule has 1 aromatic rings. The van der Waals surface area contributed by atoms with Crippen LogP contribution < -0.4 is 0 Å². The Hall–Kier alpha value is -0.780. The van der Waals surface area contributed by atoms with Gasteiger partial charge in [-0.05, 0) is 41.6 Å². The van der Waals surface area contributed by atoms with Crippen molar-refractivity contribution in [2.45, 2.75) is 6.92 Å². The van der Waals surface area contributed by atoms with Crippen molar-refractivity contribution in [1.82, 2.24) is 0 Å². The van der Waals surface area contributed by atoms with Gasteiger partial charge in [-0.15, -0.1) is 0 Å². The lowest BCUT2D eigenvalue weighted by Gasteiger charge is -2.04. The predicted octanol–water partition coefficient (Wildman–Crippen LogP) is 2.00. The van der Waals surface area contributed by atoms with E-state index in [0.29, 0.717) is 9.13 Å². The summed E-state index contributed by atoms with van der Waals surface area (Å²) in [5.74, 6) is -0.963. The highest BCUT2D eigenvalue weighted by Crippen LogP contribution is 2.26. The minimum absolute atomic E-state index is 0.0514. The van der Waals surface area contributed by atoms with Gasteiger partial charge in [0.15, 0.2) is 0 Å². The Balaban J connectivity index is 3.36. The van der Waals surface area contributed by atoms with Crippen molar-refractivity contribution in [1.29, 1.82) is 0 Å². The highest BCUT2D eigenvalue weighted by Gasteiger charge is 2.11. The summed E-state index contributed by atoms with van der Waals surface area (Å²) in [5.41, 5.74) is 0.558. The number of phenols is 1. The van der Waals surface area contributed by atoms with Gasteiger partial charge in [-0.1, -0.05) is 0 Å². The third kappa shape index (κ3) is 1.52. The zero-order valence-electron chi connectivity index (χ0n) is 6.34. The van der Waals surface area contributed by atoms with E-state index < -0.39 is 5.97 Å². The van der Waals surface area contributed by atoms with E-state index in [2.05, 4.69) is 0 Å². The lowest BCUT2D eigenvalue weighted by molar-refractivity contribution is 0.0695. The van der Waals surface area contributed by atoms with Crippen LogP contribution in [0.25, 0.3) is 0 Å². The molecule has 0 spiro atoms. The zero-order chi connectivity index (χ0) is 9.30. The maximum atomic E-state index is 10.6. The summed E-state index contributed by atoms with van der Waals surface area (Å²) in [7, 11) is 0. The molecule has 0 bridgehead atoms. The molecule has 4 heteroatoms. The largest absolute Gasteiger partial charge is 0.507 e. The van der Waals surface area contributed by atoms with E-state index >= 15 is 0 Å². The Morgan fingerprint density at radius 3 is 2.58 bits per heavy atom. The highest BCUT2D eigenvalue weighted by molar-refractivity contribution is 14.1. The van der Waals surface area contributed by atoms with Crippen molar-refractivity contribution >= 4 is 28.6 Å². The van der Waals surface area contributed by atoms with Gasteiger partial charge in [-0.2, -0.15) is 0 Å². The fourth-order valence-electron chi connectivity index (χ4n) is 0.899. The Morgan fingerprint density at radius 1 is 1.50 bits per heavy atom. The molecule has 0 aromatic heterocycles. The van der Waals surface area contributed by atoms with Crippen LogP contribution in [0.2, 0.25) is 0 Å². The van der Waals surface area contributed by atoms with Gasteiger partial charge in [-0.25, -0.2) is 4.79 Å². The molecule has 0 amide bonds. The molecule has 0 aliphatic carbocycles. The van der Waals surface area contributed by atoms with Gasteiger partial charge in [0, 0.05) is 5.56 Å². The third-order valence-corrected chi connectivity index (χ3v) is 2.48. The van der Waals surface area contributed by atoms with Crippen LogP contribution in [-0.2, 0) is 0 Å². The molecule has 1 rings (SSSR count). The van der Waals surface area contributed by atoms with Crippen LogP contribution in [0.1, 0.15) is 15.9 Å². The van der Waals surface area contributed by atoms with E-state index in [1.165, 1.54) is 6.07 Å². The molecule has 0 saturated heterocycles.